The summed E-state index contributed by atoms with van der Waals surface area (Å²) in [6.45, 7) is 1.75. The molecule has 1 N–H and O–H groups in total. The summed E-state index contributed by atoms with van der Waals surface area (Å²) in [4.78, 5) is 20.0. The minimum atomic E-state index is -1.58. The summed E-state index contributed by atoms with van der Waals surface area (Å²) < 4.78 is 39.9. The number of fused-ring (bicyclic) bond motifs is 1. The molecule has 0 atom stereocenters. The summed E-state index contributed by atoms with van der Waals surface area (Å²) in [6, 6.07) is 0.845. The fourth-order valence-electron chi connectivity index (χ4n) is 1.65. The van der Waals surface area contributed by atoms with Crippen LogP contribution in [0, 0.1) is 24.4 Å². The van der Waals surface area contributed by atoms with Gasteiger partial charge in [-0.05, 0) is 13.0 Å². The van der Waals surface area contributed by atoms with Crippen LogP contribution in [0.15, 0.2) is 12.3 Å². The SMILES string of the molecule is Cc1ncc(C(=O)Nc2nc3c(F)c(F)c(F)cc3s2)s1. The van der Waals surface area contributed by atoms with Crippen molar-refractivity contribution in [2.24, 2.45) is 0 Å². The molecule has 3 aromatic rings. The molecule has 0 radical (unpaired) electrons. The van der Waals surface area contributed by atoms with Crippen molar-refractivity contribution in [1.29, 1.82) is 0 Å². The smallest absolute Gasteiger partial charge is 0.269 e. The zero-order chi connectivity index (χ0) is 15.1. The van der Waals surface area contributed by atoms with Gasteiger partial charge in [-0.3, -0.25) is 10.1 Å². The van der Waals surface area contributed by atoms with E-state index >= 15 is 0 Å². The first-order chi connectivity index (χ1) is 9.95. The molecule has 0 bridgehead atoms. The minimum absolute atomic E-state index is 0.0601. The first kappa shape index (κ1) is 14.0. The summed E-state index contributed by atoms with van der Waals surface area (Å²) >= 11 is 2.05. The third-order valence-corrected chi connectivity index (χ3v) is 4.42. The third-order valence-electron chi connectivity index (χ3n) is 2.59. The van der Waals surface area contributed by atoms with Crippen molar-refractivity contribution in [1.82, 2.24) is 9.97 Å². The summed E-state index contributed by atoms with van der Waals surface area (Å²) in [5.74, 6) is -4.69. The number of nitrogens with zero attached hydrogens (tertiary/aromatic N) is 2. The highest BCUT2D eigenvalue weighted by Crippen LogP contribution is 2.30. The Morgan fingerprint density at radius 1 is 1.24 bits per heavy atom. The Bertz CT molecular complexity index is 859. The number of thiazole rings is 2. The van der Waals surface area contributed by atoms with E-state index in [1.807, 2.05) is 0 Å². The average molecular weight is 329 g/mol. The van der Waals surface area contributed by atoms with Crippen LogP contribution in [-0.4, -0.2) is 15.9 Å². The summed E-state index contributed by atoms with van der Waals surface area (Å²) in [5.41, 5.74) is -0.310. The topological polar surface area (TPSA) is 54.9 Å². The first-order valence-electron chi connectivity index (χ1n) is 5.63. The van der Waals surface area contributed by atoms with Gasteiger partial charge in [0.15, 0.2) is 22.6 Å². The number of benzene rings is 1. The number of aryl methyl sites for hydroxylation is 1. The number of carbonyl (C=O) groups is 1. The summed E-state index contributed by atoms with van der Waals surface area (Å²) in [5, 5.41) is 3.24. The predicted octanol–water partition coefficient (Wildman–Crippen LogP) is 3.73. The average Bonchev–Trinajstić information content (AvgIpc) is 3.02. The van der Waals surface area contributed by atoms with Crippen LogP contribution >= 0.6 is 22.7 Å². The zero-order valence-electron chi connectivity index (χ0n) is 10.4. The molecule has 0 spiro atoms. The van der Waals surface area contributed by atoms with Gasteiger partial charge in [-0.2, -0.15) is 0 Å². The van der Waals surface area contributed by atoms with E-state index in [2.05, 4.69) is 15.3 Å². The van der Waals surface area contributed by atoms with Crippen LogP contribution in [0.25, 0.3) is 10.2 Å². The summed E-state index contributed by atoms with van der Waals surface area (Å²) in [7, 11) is 0. The highest BCUT2D eigenvalue weighted by Gasteiger charge is 2.19. The number of hydrogen-bond acceptors (Lipinski definition) is 5. The normalized spacial score (nSPS) is 11.0. The maximum absolute atomic E-state index is 13.5. The highest BCUT2D eigenvalue weighted by atomic mass is 32.1. The largest absolute Gasteiger partial charge is 0.297 e. The number of hydrogen-bond donors (Lipinski definition) is 1. The quantitative estimate of drug-likeness (QED) is 0.729. The van der Waals surface area contributed by atoms with Crippen LogP contribution in [0.2, 0.25) is 0 Å². The molecule has 0 aliphatic carbocycles. The van der Waals surface area contributed by atoms with E-state index in [9.17, 15) is 18.0 Å². The lowest BCUT2D eigenvalue weighted by Gasteiger charge is -1.96. The molecular weight excluding hydrogens is 323 g/mol. The van der Waals surface area contributed by atoms with Crippen LogP contribution in [0.4, 0.5) is 18.3 Å². The maximum atomic E-state index is 13.5. The van der Waals surface area contributed by atoms with Gasteiger partial charge in [-0.1, -0.05) is 11.3 Å². The van der Waals surface area contributed by atoms with Crippen molar-refractivity contribution in [2.45, 2.75) is 6.92 Å². The van der Waals surface area contributed by atoms with E-state index in [-0.39, 0.29) is 15.3 Å². The third kappa shape index (κ3) is 2.49. The molecule has 2 heterocycles. The molecule has 108 valence electrons. The number of anilines is 1. The molecule has 2 aromatic heterocycles. The van der Waals surface area contributed by atoms with Gasteiger partial charge in [0, 0.05) is 0 Å². The van der Waals surface area contributed by atoms with Crippen molar-refractivity contribution in [3.8, 4) is 0 Å². The van der Waals surface area contributed by atoms with E-state index < -0.39 is 23.4 Å². The molecule has 0 unspecified atom stereocenters. The van der Waals surface area contributed by atoms with Gasteiger partial charge in [-0.25, -0.2) is 23.1 Å². The Morgan fingerprint density at radius 2 is 2.00 bits per heavy atom. The fraction of sp³-hybridized carbons (Fsp3) is 0.0833. The molecule has 0 aliphatic heterocycles. The number of amides is 1. The molecule has 0 saturated heterocycles. The molecule has 0 fully saturated rings. The Hall–Kier alpha value is -2.00. The molecule has 0 saturated carbocycles. The predicted molar refractivity (Wildman–Crippen MR) is 74.3 cm³/mol. The van der Waals surface area contributed by atoms with Gasteiger partial charge in [0.05, 0.1) is 15.9 Å². The Morgan fingerprint density at radius 3 is 2.67 bits per heavy atom. The monoisotopic (exact) mass is 329 g/mol. The molecule has 4 nitrogen and oxygen atoms in total. The lowest BCUT2D eigenvalue weighted by molar-refractivity contribution is 0.103. The van der Waals surface area contributed by atoms with Gasteiger partial charge in [-0.15, -0.1) is 11.3 Å². The number of aromatic nitrogens is 2. The van der Waals surface area contributed by atoms with Gasteiger partial charge < -0.3 is 0 Å². The molecule has 3 rings (SSSR count). The standard InChI is InChI=1S/C12H6F3N3OS2/c1-4-16-3-7(20-4)11(19)18-12-17-10-6(21-12)2-5(13)8(14)9(10)15/h2-3H,1H3,(H,17,18,19). The van der Waals surface area contributed by atoms with E-state index in [1.54, 1.807) is 6.92 Å². The van der Waals surface area contributed by atoms with Gasteiger partial charge in [0.2, 0.25) is 0 Å². The van der Waals surface area contributed by atoms with Crippen LogP contribution in [0.5, 0.6) is 0 Å². The van der Waals surface area contributed by atoms with Crippen molar-refractivity contribution in [3.05, 3.63) is 39.6 Å². The molecule has 21 heavy (non-hydrogen) atoms. The van der Waals surface area contributed by atoms with Crippen molar-refractivity contribution in [3.63, 3.8) is 0 Å². The molecule has 1 amide bonds. The Kier molecular flexibility index (Phi) is 3.38. The lowest BCUT2D eigenvalue weighted by atomic mass is 10.3. The second kappa shape index (κ2) is 5.08. The Labute approximate surface area is 124 Å². The van der Waals surface area contributed by atoms with Crippen LogP contribution < -0.4 is 5.32 Å². The second-order valence-electron chi connectivity index (χ2n) is 4.05. The molecule has 1 aromatic carbocycles. The molecule has 0 aliphatic rings. The van der Waals surface area contributed by atoms with Crippen LogP contribution in [0.1, 0.15) is 14.7 Å². The highest BCUT2D eigenvalue weighted by molar-refractivity contribution is 7.22. The Balaban J connectivity index is 1.95. The fourth-order valence-corrected chi connectivity index (χ4v) is 3.21. The lowest BCUT2D eigenvalue weighted by Crippen LogP contribution is -2.09. The van der Waals surface area contributed by atoms with Crippen molar-refractivity contribution < 1.29 is 18.0 Å². The van der Waals surface area contributed by atoms with Gasteiger partial charge >= 0.3 is 0 Å². The van der Waals surface area contributed by atoms with Gasteiger partial charge in [0.1, 0.15) is 10.4 Å². The van der Waals surface area contributed by atoms with E-state index in [4.69, 9.17) is 0 Å². The van der Waals surface area contributed by atoms with E-state index in [0.717, 1.165) is 22.4 Å². The second-order valence-corrected chi connectivity index (χ2v) is 6.32. The van der Waals surface area contributed by atoms with Crippen molar-refractivity contribution >= 4 is 43.9 Å². The first-order valence-corrected chi connectivity index (χ1v) is 7.27. The zero-order valence-corrected chi connectivity index (χ0v) is 12.0. The molecule has 9 heteroatoms. The van der Waals surface area contributed by atoms with Gasteiger partial charge in [0.25, 0.3) is 5.91 Å². The van der Waals surface area contributed by atoms with Crippen LogP contribution in [-0.2, 0) is 0 Å². The maximum Gasteiger partial charge on any atom is 0.269 e. The number of rotatable bonds is 2. The van der Waals surface area contributed by atoms with E-state index in [0.29, 0.717) is 4.88 Å². The number of nitrogens with one attached hydrogen (secondary N) is 1. The minimum Gasteiger partial charge on any atom is -0.297 e. The summed E-state index contributed by atoms with van der Waals surface area (Å²) in [6.07, 6.45) is 1.41. The number of halogens is 3. The van der Waals surface area contributed by atoms with Crippen LogP contribution in [0.3, 0.4) is 0 Å². The number of carbonyl (C=O) groups excluding carboxylic acids is 1. The molecular formula is C12H6F3N3OS2. The van der Waals surface area contributed by atoms with E-state index in [1.165, 1.54) is 17.5 Å². The van der Waals surface area contributed by atoms with Crippen molar-refractivity contribution in [2.75, 3.05) is 5.32 Å².